The van der Waals surface area contributed by atoms with Crippen LogP contribution in [0, 0.1) is 0 Å². The predicted octanol–water partition coefficient (Wildman–Crippen LogP) is 0.758. The minimum Gasteiger partial charge on any atom is -0.481 e. The van der Waals surface area contributed by atoms with Crippen LogP contribution in [-0.2, 0) is 15.8 Å². The Morgan fingerprint density at radius 3 is 2.24 bits per heavy atom. The van der Waals surface area contributed by atoms with Gasteiger partial charge in [0.1, 0.15) is 11.7 Å². The van der Waals surface area contributed by atoms with Crippen molar-refractivity contribution in [3.05, 3.63) is 29.6 Å². The third kappa shape index (κ3) is 4.75. The molecule has 3 N–H and O–H groups in total. The van der Waals surface area contributed by atoms with Gasteiger partial charge in [-0.15, -0.1) is 0 Å². The lowest BCUT2D eigenvalue weighted by Crippen LogP contribution is -2.42. The number of aliphatic carboxylic acids is 2. The number of halogens is 3. The van der Waals surface area contributed by atoms with Crippen molar-refractivity contribution in [2.75, 3.05) is 0 Å². The van der Waals surface area contributed by atoms with E-state index in [1.54, 1.807) is 0 Å². The van der Waals surface area contributed by atoms with Crippen molar-refractivity contribution in [2.24, 2.45) is 0 Å². The number of alkyl halides is 3. The summed E-state index contributed by atoms with van der Waals surface area (Å²) in [6, 6.07) is -0.329. The maximum Gasteiger partial charge on any atom is 0.433 e. The Morgan fingerprint density at radius 1 is 1.24 bits per heavy atom. The van der Waals surface area contributed by atoms with Crippen LogP contribution in [0.3, 0.4) is 0 Å². The smallest absolute Gasteiger partial charge is 0.433 e. The minimum atomic E-state index is -4.66. The number of carboxylic acids is 2. The van der Waals surface area contributed by atoms with Crippen molar-refractivity contribution in [3.8, 4) is 0 Å². The van der Waals surface area contributed by atoms with Crippen molar-refractivity contribution >= 4 is 17.8 Å². The highest BCUT2D eigenvalue weighted by molar-refractivity contribution is 5.97. The molecule has 7 nitrogen and oxygen atoms in total. The summed E-state index contributed by atoms with van der Waals surface area (Å²) in [6.45, 7) is 0. The maximum absolute atomic E-state index is 12.3. The fourth-order valence-corrected chi connectivity index (χ4v) is 1.31. The molecule has 0 aromatic carbocycles. The van der Waals surface area contributed by atoms with Gasteiger partial charge in [-0.2, -0.15) is 13.2 Å². The van der Waals surface area contributed by atoms with Gasteiger partial charge in [-0.05, 0) is 12.1 Å². The molecule has 1 heterocycles. The third-order valence-electron chi connectivity index (χ3n) is 2.30. The first-order chi connectivity index (χ1) is 9.61. The van der Waals surface area contributed by atoms with Crippen LogP contribution in [0.1, 0.15) is 22.5 Å². The Bertz CT molecular complexity index is 556. The zero-order valence-electron chi connectivity index (χ0n) is 10.2. The molecule has 0 bridgehead atoms. The second-order valence-electron chi connectivity index (χ2n) is 3.89. The zero-order chi connectivity index (χ0) is 16.2. The highest BCUT2D eigenvalue weighted by Crippen LogP contribution is 2.27. The predicted molar refractivity (Wildman–Crippen MR) is 60.4 cm³/mol. The van der Waals surface area contributed by atoms with Gasteiger partial charge in [0.2, 0.25) is 0 Å². The number of nitrogens with one attached hydrogen (secondary N) is 1. The third-order valence-corrected chi connectivity index (χ3v) is 2.30. The van der Waals surface area contributed by atoms with Crippen LogP contribution in [0.5, 0.6) is 0 Å². The SMILES string of the molecule is O=C(O)C[C@@H](NC(=O)c1ccc(C(F)(F)F)nc1)C(=O)O. The van der Waals surface area contributed by atoms with E-state index in [0.29, 0.717) is 12.3 Å². The molecule has 10 heteroatoms. The monoisotopic (exact) mass is 306 g/mol. The van der Waals surface area contributed by atoms with Crippen molar-refractivity contribution in [1.82, 2.24) is 10.3 Å². The Balaban J connectivity index is 2.83. The van der Waals surface area contributed by atoms with E-state index in [2.05, 4.69) is 4.98 Å². The molecule has 0 aliphatic heterocycles. The molecule has 114 valence electrons. The summed E-state index contributed by atoms with van der Waals surface area (Å²) in [5.41, 5.74) is -1.53. The van der Waals surface area contributed by atoms with Crippen LogP contribution in [0.25, 0.3) is 0 Å². The fraction of sp³-hybridized carbons (Fsp3) is 0.273. The van der Waals surface area contributed by atoms with E-state index in [-0.39, 0.29) is 5.56 Å². The number of nitrogens with zero attached hydrogens (tertiary/aromatic N) is 1. The molecular formula is C11H9F3N2O5. The normalized spacial score (nSPS) is 12.5. The van der Waals surface area contributed by atoms with Crippen molar-refractivity contribution in [3.63, 3.8) is 0 Å². The highest BCUT2D eigenvalue weighted by atomic mass is 19.4. The molecule has 0 aliphatic carbocycles. The number of carbonyl (C=O) groups excluding carboxylic acids is 1. The minimum absolute atomic E-state index is 0.320. The van der Waals surface area contributed by atoms with Crippen LogP contribution >= 0.6 is 0 Å². The lowest BCUT2D eigenvalue weighted by molar-refractivity contribution is -0.145. The largest absolute Gasteiger partial charge is 0.481 e. The first-order valence-corrected chi connectivity index (χ1v) is 5.40. The summed E-state index contributed by atoms with van der Waals surface area (Å²) in [5, 5.41) is 19.1. The maximum atomic E-state index is 12.3. The summed E-state index contributed by atoms with van der Waals surface area (Å²) in [6.07, 6.45) is -4.91. The molecule has 0 radical (unpaired) electrons. The second-order valence-corrected chi connectivity index (χ2v) is 3.89. The van der Waals surface area contributed by atoms with Crippen molar-refractivity contribution in [2.45, 2.75) is 18.6 Å². The van der Waals surface area contributed by atoms with Gasteiger partial charge in [-0.3, -0.25) is 14.6 Å². The van der Waals surface area contributed by atoms with Gasteiger partial charge in [0.15, 0.2) is 0 Å². The van der Waals surface area contributed by atoms with E-state index >= 15 is 0 Å². The van der Waals surface area contributed by atoms with Gasteiger partial charge >= 0.3 is 18.1 Å². The molecule has 0 unspecified atom stereocenters. The van der Waals surface area contributed by atoms with E-state index in [1.165, 1.54) is 0 Å². The molecule has 21 heavy (non-hydrogen) atoms. The Kier molecular flexibility index (Phi) is 4.84. The number of rotatable bonds is 5. The van der Waals surface area contributed by atoms with Gasteiger partial charge in [-0.25, -0.2) is 4.79 Å². The molecule has 0 fully saturated rings. The van der Waals surface area contributed by atoms with E-state index in [9.17, 15) is 27.6 Å². The van der Waals surface area contributed by atoms with Crippen LogP contribution in [-0.4, -0.2) is 39.1 Å². The number of hydrogen-bond donors (Lipinski definition) is 3. The average molecular weight is 306 g/mol. The van der Waals surface area contributed by atoms with E-state index in [1.807, 2.05) is 5.32 Å². The molecule has 1 rings (SSSR count). The number of carboxylic acid groups (broad SMARTS) is 2. The number of hydrogen-bond acceptors (Lipinski definition) is 4. The van der Waals surface area contributed by atoms with Gasteiger partial charge in [-0.1, -0.05) is 0 Å². The first-order valence-electron chi connectivity index (χ1n) is 5.40. The fourth-order valence-electron chi connectivity index (χ4n) is 1.31. The number of amides is 1. The topological polar surface area (TPSA) is 117 Å². The Morgan fingerprint density at radius 2 is 1.86 bits per heavy atom. The average Bonchev–Trinajstić information content (AvgIpc) is 2.36. The molecule has 1 aromatic rings. The Hall–Kier alpha value is -2.65. The lowest BCUT2D eigenvalue weighted by Gasteiger charge is -2.12. The molecule has 0 aliphatic rings. The molecule has 1 atom stereocenters. The highest BCUT2D eigenvalue weighted by Gasteiger charge is 2.32. The lowest BCUT2D eigenvalue weighted by atomic mass is 10.2. The molecule has 0 spiro atoms. The van der Waals surface area contributed by atoms with Crippen molar-refractivity contribution < 1.29 is 37.8 Å². The van der Waals surface area contributed by atoms with Gasteiger partial charge < -0.3 is 15.5 Å². The summed E-state index contributed by atoms with van der Waals surface area (Å²) in [7, 11) is 0. The van der Waals surface area contributed by atoms with Gasteiger partial charge in [0.25, 0.3) is 5.91 Å². The van der Waals surface area contributed by atoms with Crippen LogP contribution in [0.4, 0.5) is 13.2 Å². The summed E-state index contributed by atoms with van der Waals surface area (Å²) >= 11 is 0. The second kappa shape index (κ2) is 6.20. The van der Waals surface area contributed by atoms with E-state index < -0.39 is 42.2 Å². The van der Waals surface area contributed by atoms with E-state index in [0.717, 1.165) is 6.07 Å². The Labute approximate surface area is 115 Å². The number of carbonyl (C=O) groups is 3. The summed E-state index contributed by atoms with van der Waals surface area (Å²) in [4.78, 5) is 35.8. The first kappa shape index (κ1) is 16.4. The van der Waals surface area contributed by atoms with Crippen molar-refractivity contribution in [1.29, 1.82) is 0 Å². The summed E-state index contributed by atoms with van der Waals surface area (Å²) in [5.74, 6) is -4.07. The molecule has 1 aromatic heterocycles. The molecule has 0 saturated carbocycles. The standard InChI is InChI=1S/C11H9F3N2O5/c12-11(13,14)7-2-1-5(4-15-7)9(19)16-6(10(20)21)3-8(17)18/h1-2,4,6H,3H2,(H,16,19)(H,17,18)(H,20,21)/t6-/m1/s1. The van der Waals surface area contributed by atoms with Gasteiger partial charge in [0.05, 0.1) is 12.0 Å². The van der Waals surface area contributed by atoms with Crippen LogP contribution in [0.15, 0.2) is 18.3 Å². The van der Waals surface area contributed by atoms with E-state index in [4.69, 9.17) is 10.2 Å². The van der Waals surface area contributed by atoms with Crippen LogP contribution in [0.2, 0.25) is 0 Å². The molecular weight excluding hydrogens is 297 g/mol. The molecule has 1 amide bonds. The zero-order valence-corrected chi connectivity index (χ0v) is 10.2. The quantitative estimate of drug-likeness (QED) is 0.739. The summed E-state index contributed by atoms with van der Waals surface area (Å²) < 4.78 is 36.8. The van der Waals surface area contributed by atoms with Crippen LogP contribution < -0.4 is 5.32 Å². The number of aromatic nitrogens is 1. The van der Waals surface area contributed by atoms with Gasteiger partial charge in [0, 0.05) is 6.20 Å². The number of pyridine rings is 1. The molecule has 0 saturated heterocycles.